The zero-order valence-electron chi connectivity index (χ0n) is 17.0. The van der Waals surface area contributed by atoms with Crippen LogP contribution >= 0.6 is 0 Å². The predicted octanol–water partition coefficient (Wildman–Crippen LogP) is 3.52. The van der Waals surface area contributed by atoms with Gasteiger partial charge in [0.2, 0.25) is 0 Å². The van der Waals surface area contributed by atoms with E-state index in [9.17, 15) is 14.7 Å². The fourth-order valence-corrected chi connectivity index (χ4v) is 4.16. The number of piperidine rings is 1. The molecule has 7 heteroatoms. The first-order chi connectivity index (χ1) is 14.4. The normalized spacial score (nSPS) is 22.8. The van der Waals surface area contributed by atoms with Crippen molar-refractivity contribution in [2.75, 3.05) is 13.1 Å². The maximum atomic E-state index is 12.6. The van der Waals surface area contributed by atoms with E-state index in [1.807, 2.05) is 60.7 Å². The first-order valence-electron chi connectivity index (χ1n) is 10.1. The van der Waals surface area contributed by atoms with Crippen LogP contribution in [0.3, 0.4) is 0 Å². The maximum Gasteiger partial charge on any atom is 0.413 e. The molecule has 4 rings (SSSR count). The van der Waals surface area contributed by atoms with Gasteiger partial charge in [0, 0.05) is 25.9 Å². The molecule has 2 fully saturated rings. The average Bonchev–Trinajstić information content (AvgIpc) is 2.94. The fourth-order valence-electron chi connectivity index (χ4n) is 4.16. The maximum absolute atomic E-state index is 12.6. The van der Waals surface area contributed by atoms with Gasteiger partial charge in [-0.25, -0.2) is 9.59 Å². The van der Waals surface area contributed by atoms with Crippen molar-refractivity contribution in [2.45, 2.75) is 44.2 Å². The molecule has 158 valence electrons. The van der Waals surface area contributed by atoms with Crippen molar-refractivity contribution < 1.29 is 24.2 Å². The van der Waals surface area contributed by atoms with Gasteiger partial charge < -0.3 is 19.5 Å². The monoisotopic (exact) mass is 410 g/mol. The van der Waals surface area contributed by atoms with Gasteiger partial charge in [-0.15, -0.1) is 0 Å². The molecule has 2 saturated heterocycles. The van der Waals surface area contributed by atoms with Gasteiger partial charge in [-0.1, -0.05) is 60.7 Å². The summed E-state index contributed by atoms with van der Waals surface area (Å²) < 4.78 is 11.1. The van der Waals surface area contributed by atoms with Crippen LogP contribution in [0.15, 0.2) is 60.7 Å². The van der Waals surface area contributed by atoms with E-state index in [2.05, 4.69) is 0 Å². The number of likely N-dealkylation sites (tertiary alicyclic amines) is 1. The van der Waals surface area contributed by atoms with Gasteiger partial charge in [-0.2, -0.15) is 0 Å². The molecule has 2 heterocycles. The Morgan fingerprint density at radius 3 is 2.20 bits per heavy atom. The predicted molar refractivity (Wildman–Crippen MR) is 109 cm³/mol. The van der Waals surface area contributed by atoms with E-state index >= 15 is 0 Å². The number of carbonyl (C=O) groups excluding carboxylic acids is 2. The quantitative estimate of drug-likeness (QED) is 0.834. The van der Waals surface area contributed by atoms with Crippen LogP contribution in [0.2, 0.25) is 0 Å². The minimum Gasteiger partial charge on any atom is -0.445 e. The third-order valence-corrected chi connectivity index (χ3v) is 6.11. The zero-order valence-corrected chi connectivity index (χ0v) is 17.0. The summed E-state index contributed by atoms with van der Waals surface area (Å²) in [5, 5.41) is 11.3. The second kappa shape index (κ2) is 7.99. The fraction of sp³-hybridized carbons (Fsp3) is 0.391. The molecule has 2 aromatic carbocycles. The standard InChI is InChI=1S/C23H26N2O5/c1-22(28)23(30-21(27)25(22)16-18-8-4-2-5-9-18)12-14-24(15-13-23)20(26)29-17-19-10-6-3-7-11-19/h2-11,28H,12-17H2,1H3. The molecule has 1 unspecified atom stereocenters. The van der Waals surface area contributed by atoms with Crippen LogP contribution < -0.4 is 0 Å². The molecule has 2 aliphatic heterocycles. The summed E-state index contributed by atoms with van der Waals surface area (Å²) in [5.41, 5.74) is -0.688. The third kappa shape index (κ3) is 3.73. The van der Waals surface area contributed by atoms with Crippen LogP contribution in [0.25, 0.3) is 0 Å². The highest BCUT2D eigenvalue weighted by atomic mass is 16.6. The molecular formula is C23H26N2O5. The molecule has 7 nitrogen and oxygen atoms in total. The highest BCUT2D eigenvalue weighted by molar-refractivity contribution is 5.73. The SMILES string of the molecule is CC1(O)N(Cc2ccccc2)C(=O)OC12CCN(C(=O)OCc1ccccc1)CC2. The van der Waals surface area contributed by atoms with Gasteiger partial charge >= 0.3 is 12.2 Å². The van der Waals surface area contributed by atoms with Crippen LogP contribution in [-0.4, -0.2) is 51.5 Å². The van der Waals surface area contributed by atoms with Gasteiger partial charge in [0.15, 0.2) is 11.3 Å². The smallest absolute Gasteiger partial charge is 0.413 e. The minimum atomic E-state index is -1.47. The zero-order chi connectivity index (χ0) is 21.2. The Morgan fingerprint density at radius 1 is 1.03 bits per heavy atom. The van der Waals surface area contributed by atoms with Crippen molar-refractivity contribution in [3.8, 4) is 0 Å². The Hall–Kier alpha value is -3.06. The molecular weight excluding hydrogens is 384 g/mol. The number of benzene rings is 2. The first kappa shape index (κ1) is 20.2. The highest BCUT2D eigenvalue weighted by Gasteiger charge is 2.62. The van der Waals surface area contributed by atoms with Gasteiger partial charge in [0.05, 0.1) is 6.54 Å². The Morgan fingerprint density at radius 2 is 1.60 bits per heavy atom. The van der Waals surface area contributed by atoms with Crippen molar-refractivity contribution in [2.24, 2.45) is 0 Å². The van der Waals surface area contributed by atoms with Crippen molar-refractivity contribution in [1.29, 1.82) is 0 Å². The number of ether oxygens (including phenoxy) is 2. The van der Waals surface area contributed by atoms with Crippen LogP contribution in [0.1, 0.15) is 30.9 Å². The summed E-state index contributed by atoms with van der Waals surface area (Å²) in [7, 11) is 0. The van der Waals surface area contributed by atoms with Gasteiger partial charge in [0.1, 0.15) is 6.61 Å². The molecule has 1 spiro atoms. The summed E-state index contributed by atoms with van der Waals surface area (Å²) >= 11 is 0. The molecule has 0 aromatic heterocycles. The molecule has 1 atom stereocenters. The van der Waals surface area contributed by atoms with Crippen LogP contribution in [0.5, 0.6) is 0 Å². The second-order valence-corrected chi connectivity index (χ2v) is 7.98. The Balaban J connectivity index is 1.38. The van der Waals surface area contributed by atoms with E-state index in [0.717, 1.165) is 11.1 Å². The number of amides is 2. The lowest BCUT2D eigenvalue weighted by molar-refractivity contribution is -0.165. The number of hydrogen-bond acceptors (Lipinski definition) is 5. The molecule has 2 aromatic rings. The lowest BCUT2D eigenvalue weighted by atomic mass is 9.82. The molecule has 0 saturated carbocycles. The van der Waals surface area contributed by atoms with Crippen molar-refractivity contribution in [1.82, 2.24) is 9.80 Å². The van der Waals surface area contributed by atoms with E-state index < -0.39 is 23.5 Å². The summed E-state index contributed by atoms with van der Waals surface area (Å²) in [6, 6.07) is 19.0. The second-order valence-electron chi connectivity index (χ2n) is 7.98. The topological polar surface area (TPSA) is 79.3 Å². The van der Waals surface area contributed by atoms with Gasteiger partial charge in [0.25, 0.3) is 0 Å². The van der Waals surface area contributed by atoms with Crippen LogP contribution in [0.4, 0.5) is 9.59 Å². The summed E-state index contributed by atoms with van der Waals surface area (Å²) in [6.45, 7) is 2.77. The van der Waals surface area contributed by atoms with E-state index in [1.165, 1.54) is 4.90 Å². The van der Waals surface area contributed by atoms with E-state index in [1.54, 1.807) is 11.8 Å². The molecule has 0 aliphatic carbocycles. The highest BCUT2D eigenvalue weighted by Crippen LogP contribution is 2.45. The Kier molecular flexibility index (Phi) is 5.39. The summed E-state index contributed by atoms with van der Waals surface area (Å²) in [5.74, 6) is 0. The molecule has 2 aliphatic rings. The van der Waals surface area contributed by atoms with Crippen molar-refractivity contribution in [3.05, 3.63) is 71.8 Å². The first-order valence-corrected chi connectivity index (χ1v) is 10.1. The largest absolute Gasteiger partial charge is 0.445 e. The van der Waals surface area contributed by atoms with Crippen LogP contribution in [0, 0.1) is 0 Å². The number of rotatable bonds is 4. The van der Waals surface area contributed by atoms with E-state index in [4.69, 9.17) is 9.47 Å². The molecule has 0 bridgehead atoms. The molecule has 2 amide bonds. The van der Waals surface area contributed by atoms with Gasteiger partial charge in [-0.3, -0.25) is 4.90 Å². The number of aliphatic hydroxyl groups is 1. The molecule has 0 radical (unpaired) electrons. The molecule has 1 N–H and O–H groups in total. The van der Waals surface area contributed by atoms with Crippen LogP contribution in [-0.2, 0) is 22.6 Å². The van der Waals surface area contributed by atoms with Crippen molar-refractivity contribution >= 4 is 12.2 Å². The summed E-state index contributed by atoms with van der Waals surface area (Å²) in [4.78, 5) is 28.0. The number of nitrogens with zero attached hydrogens (tertiary/aromatic N) is 2. The minimum absolute atomic E-state index is 0.207. The number of hydrogen-bond donors (Lipinski definition) is 1. The Bertz CT molecular complexity index is 892. The third-order valence-electron chi connectivity index (χ3n) is 6.11. The molecule has 30 heavy (non-hydrogen) atoms. The average molecular weight is 410 g/mol. The van der Waals surface area contributed by atoms with E-state index in [-0.39, 0.29) is 13.2 Å². The van der Waals surface area contributed by atoms with Gasteiger partial charge in [-0.05, 0) is 18.1 Å². The lowest BCUT2D eigenvalue weighted by Crippen LogP contribution is -2.60. The number of carbonyl (C=O) groups is 2. The Labute approximate surface area is 175 Å². The van der Waals surface area contributed by atoms with E-state index in [0.29, 0.717) is 25.9 Å². The van der Waals surface area contributed by atoms with Crippen molar-refractivity contribution in [3.63, 3.8) is 0 Å². The summed E-state index contributed by atoms with van der Waals surface area (Å²) in [6.07, 6.45) is -0.252. The lowest BCUT2D eigenvalue weighted by Gasteiger charge is -2.44.